The van der Waals surface area contributed by atoms with Crippen LogP contribution in [0.1, 0.15) is 44.2 Å². The molecule has 0 saturated heterocycles. The Morgan fingerprint density at radius 3 is 2.35 bits per heavy atom. The summed E-state index contributed by atoms with van der Waals surface area (Å²) in [6.45, 7) is 5.06. The van der Waals surface area contributed by atoms with Crippen LogP contribution in [-0.2, 0) is 17.2 Å². The summed E-state index contributed by atoms with van der Waals surface area (Å²) in [5, 5.41) is 5.39. The lowest BCUT2D eigenvalue weighted by Gasteiger charge is -2.27. The Morgan fingerprint density at radius 2 is 1.90 bits per heavy atom. The lowest BCUT2D eigenvalue weighted by atomic mass is 9.88. The zero-order chi connectivity index (χ0) is 15.7. The zero-order valence-corrected chi connectivity index (χ0v) is 13.8. The highest BCUT2D eigenvalue weighted by atomic mass is 79.9. The van der Waals surface area contributed by atoms with Gasteiger partial charge in [0.05, 0.1) is 21.3 Å². The van der Waals surface area contributed by atoms with Crippen LogP contribution in [0.15, 0.2) is 22.7 Å². The maximum Gasteiger partial charge on any atom is 0.416 e. The number of nitrogens with two attached hydrogens (primary N) is 1. The van der Waals surface area contributed by atoms with Crippen LogP contribution in [0.4, 0.5) is 13.2 Å². The van der Waals surface area contributed by atoms with Gasteiger partial charge in [-0.1, -0.05) is 28.9 Å². The summed E-state index contributed by atoms with van der Waals surface area (Å²) < 4.78 is 50.3. The maximum absolute atomic E-state index is 13.1. The van der Waals surface area contributed by atoms with E-state index in [0.717, 1.165) is 6.07 Å². The van der Waals surface area contributed by atoms with E-state index in [1.807, 2.05) is 0 Å². The van der Waals surface area contributed by atoms with Gasteiger partial charge in [0.2, 0.25) is 0 Å². The Balaban J connectivity index is 3.17. The molecule has 20 heavy (non-hydrogen) atoms. The van der Waals surface area contributed by atoms with Crippen LogP contribution in [0.2, 0.25) is 0 Å². The molecule has 1 aromatic carbocycles. The van der Waals surface area contributed by atoms with Crippen LogP contribution >= 0.6 is 15.9 Å². The first-order chi connectivity index (χ1) is 8.95. The van der Waals surface area contributed by atoms with Crippen LogP contribution in [0.5, 0.6) is 0 Å². The van der Waals surface area contributed by atoms with E-state index in [4.69, 9.17) is 5.14 Å². The van der Waals surface area contributed by atoms with Crippen molar-refractivity contribution in [2.45, 2.75) is 44.0 Å². The van der Waals surface area contributed by atoms with E-state index >= 15 is 0 Å². The number of rotatable bonds is 4. The van der Waals surface area contributed by atoms with Crippen molar-refractivity contribution in [1.82, 2.24) is 0 Å². The van der Waals surface area contributed by atoms with E-state index in [1.165, 1.54) is 6.07 Å². The highest BCUT2D eigenvalue weighted by Gasteiger charge is 2.36. The fourth-order valence-corrected chi connectivity index (χ4v) is 2.91. The second-order valence-electron chi connectivity index (χ2n) is 5.39. The molecule has 2 atom stereocenters. The lowest BCUT2D eigenvalue weighted by Crippen LogP contribution is -2.33. The molecule has 0 amide bonds. The molecule has 0 aliphatic rings. The van der Waals surface area contributed by atoms with Gasteiger partial charge in [0.15, 0.2) is 0 Å². The van der Waals surface area contributed by atoms with Crippen LogP contribution in [0.3, 0.4) is 0 Å². The molecule has 1 aromatic rings. The SMILES string of the molecule is C[C@H](CC(C)(C)S(N)=O)c1ccc(Br)cc1C(F)(F)F. The second kappa shape index (κ2) is 6.15. The quantitative estimate of drug-likeness (QED) is 0.839. The molecule has 0 aliphatic heterocycles. The predicted octanol–water partition coefficient (Wildman–Crippen LogP) is 4.36. The molecule has 0 spiro atoms. The van der Waals surface area contributed by atoms with Gasteiger partial charge < -0.3 is 0 Å². The van der Waals surface area contributed by atoms with Gasteiger partial charge in [-0.05, 0) is 43.9 Å². The van der Waals surface area contributed by atoms with Crippen molar-refractivity contribution in [2.75, 3.05) is 0 Å². The van der Waals surface area contributed by atoms with Gasteiger partial charge in [-0.2, -0.15) is 13.2 Å². The molecule has 2 N–H and O–H groups in total. The van der Waals surface area contributed by atoms with Crippen LogP contribution in [0.25, 0.3) is 0 Å². The summed E-state index contributed by atoms with van der Waals surface area (Å²) in [6, 6.07) is 4.10. The van der Waals surface area contributed by atoms with Gasteiger partial charge in [0.25, 0.3) is 0 Å². The lowest BCUT2D eigenvalue weighted by molar-refractivity contribution is -0.138. The van der Waals surface area contributed by atoms with Gasteiger partial charge in [-0.15, -0.1) is 0 Å². The fourth-order valence-electron chi connectivity index (χ4n) is 2.13. The molecular formula is C13H17BrF3NOS. The molecule has 0 fully saturated rings. The molecule has 0 heterocycles. The molecule has 0 radical (unpaired) electrons. The van der Waals surface area contributed by atoms with E-state index in [2.05, 4.69) is 15.9 Å². The highest BCUT2D eigenvalue weighted by molar-refractivity contribution is 9.10. The third kappa shape index (κ3) is 4.30. The maximum atomic E-state index is 13.1. The summed E-state index contributed by atoms with van der Waals surface area (Å²) in [5.74, 6) is -0.401. The summed E-state index contributed by atoms with van der Waals surface area (Å²) in [7, 11) is -1.59. The third-order valence-corrected chi connectivity index (χ3v) is 4.94. The first-order valence-electron chi connectivity index (χ1n) is 5.98. The second-order valence-corrected chi connectivity index (χ2v) is 8.01. The van der Waals surface area contributed by atoms with Gasteiger partial charge in [-0.25, -0.2) is 4.21 Å². The van der Waals surface area contributed by atoms with E-state index in [9.17, 15) is 17.4 Å². The number of hydrogen-bond donors (Lipinski definition) is 1. The average Bonchev–Trinajstić information content (AvgIpc) is 2.26. The first-order valence-corrected chi connectivity index (χ1v) is 7.98. The van der Waals surface area contributed by atoms with E-state index in [0.29, 0.717) is 10.9 Å². The minimum absolute atomic E-state index is 0.194. The number of halogens is 4. The summed E-state index contributed by atoms with van der Waals surface area (Å²) in [5.41, 5.74) is -0.475. The molecule has 7 heteroatoms. The normalized spacial score (nSPS) is 16.0. The molecule has 1 unspecified atom stereocenters. The Bertz CT molecular complexity index is 517. The Labute approximate surface area is 127 Å². The monoisotopic (exact) mass is 371 g/mol. The minimum Gasteiger partial charge on any atom is -0.251 e. The number of alkyl halides is 3. The number of hydrogen-bond acceptors (Lipinski definition) is 1. The molecule has 1 rings (SSSR count). The van der Waals surface area contributed by atoms with E-state index < -0.39 is 33.4 Å². The summed E-state index contributed by atoms with van der Waals surface area (Å²) in [6.07, 6.45) is -4.11. The van der Waals surface area contributed by atoms with Crippen molar-refractivity contribution in [1.29, 1.82) is 0 Å². The molecule has 0 aromatic heterocycles. The van der Waals surface area contributed by atoms with Gasteiger partial charge in [0.1, 0.15) is 0 Å². The Morgan fingerprint density at radius 1 is 1.35 bits per heavy atom. The molecular weight excluding hydrogens is 355 g/mol. The van der Waals surface area contributed by atoms with Crippen molar-refractivity contribution in [3.8, 4) is 0 Å². The molecule has 0 aliphatic carbocycles. The molecule has 0 bridgehead atoms. The van der Waals surface area contributed by atoms with Crippen molar-refractivity contribution in [3.63, 3.8) is 0 Å². The Hall–Kier alpha value is -0.400. The summed E-state index contributed by atoms with van der Waals surface area (Å²) >= 11 is 3.05. The van der Waals surface area contributed by atoms with Crippen molar-refractivity contribution < 1.29 is 17.4 Å². The zero-order valence-electron chi connectivity index (χ0n) is 11.4. The van der Waals surface area contributed by atoms with Gasteiger partial charge in [-0.3, -0.25) is 5.14 Å². The smallest absolute Gasteiger partial charge is 0.251 e. The standard InChI is InChI=1S/C13H17BrF3NOS/c1-8(7-12(2,3)20(18)19)10-5-4-9(14)6-11(10)13(15,16)17/h4-6,8H,7,18H2,1-3H3/t8-,20?/m1/s1. The minimum atomic E-state index is -4.42. The van der Waals surface area contributed by atoms with E-state index in [1.54, 1.807) is 26.8 Å². The van der Waals surface area contributed by atoms with Gasteiger partial charge in [0, 0.05) is 4.47 Å². The van der Waals surface area contributed by atoms with E-state index in [-0.39, 0.29) is 5.56 Å². The van der Waals surface area contributed by atoms with Gasteiger partial charge >= 0.3 is 6.18 Å². The van der Waals surface area contributed by atoms with Crippen LogP contribution in [-0.4, -0.2) is 8.96 Å². The third-order valence-electron chi connectivity index (χ3n) is 3.19. The molecule has 0 saturated carbocycles. The highest BCUT2D eigenvalue weighted by Crippen LogP contribution is 2.39. The molecule has 114 valence electrons. The van der Waals surface area contributed by atoms with Crippen molar-refractivity contribution in [2.24, 2.45) is 5.14 Å². The largest absolute Gasteiger partial charge is 0.416 e. The predicted molar refractivity (Wildman–Crippen MR) is 78.6 cm³/mol. The number of benzene rings is 1. The molecule has 2 nitrogen and oxygen atoms in total. The first kappa shape index (κ1) is 17.7. The Kier molecular flexibility index (Phi) is 5.43. The van der Waals surface area contributed by atoms with Crippen LogP contribution in [0, 0.1) is 0 Å². The fraction of sp³-hybridized carbons (Fsp3) is 0.538. The van der Waals surface area contributed by atoms with Crippen molar-refractivity contribution in [3.05, 3.63) is 33.8 Å². The average molecular weight is 372 g/mol. The topological polar surface area (TPSA) is 43.1 Å². The van der Waals surface area contributed by atoms with Crippen molar-refractivity contribution >= 4 is 26.9 Å². The van der Waals surface area contributed by atoms with Crippen LogP contribution < -0.4 is 5.14 Å². The summed E-state index contributed by atoms with van der Waals surface area (Å²) in [4.78, 5) is 0.